The Bertz CT molecular complexity index is 509. The monoisotopic (exact) mass is 351 g/mol. The molecule has 1 heterocycles. The maximum atomic E-state index is 12.5. The van der Waals surface area contributed by atoms with E-state index in [-0.39, 0.29) is 6.54 Å². The summed E-state index contributed by atoms with van der Waals surface area (Å²) in [5.74, 6) is 0. The minimum atomic E-state index is -4.40. The van der Waals surface area contributed by atoms with E-state index in [1.54, 1.807) is 0 Å². The van der Waals surface area contributed by atoms with E-state index in [0.29, 0.717) is 5.56 Å². The summed E-state index contributed by atoms with van der Waals surface area (Å²) in [6, 6.07) is 3.67. The number of nitrogens with one attached hydrogen (secondary N) is 1. The van der Waals surface area contributed by atoms with Crippen molar-refractivity contribution in [3.8, 4) is 0 Å². The zero-order valence-electron chi connectivity index (χ0n) is 12.9. The molecule has 1 aliphatic heterocycles. The van der Waals surface area contributed by atoms with E-state index in [9.17, 15) is 28.5 Å². The molecule has 0 aliphatic carbocycles. The number of hydrogen-bond acceptors (Lipinski definition) is 6. The van der Waals surface area contributed by atoms with Crippen molar-refractivity contribution in [1.82, 2.24) is 5.32 Å². The van der Waals surface area contributed by atoms with Gasteiger partial charge in [-0.25, -0.2) is 0 Å². The molecule has 1 aromatic carbocycles. The second kappa shape index (κ2) is 7.77. The highest BCUT2D eigenvalue weighted by Crippen LogP contribution is 2.29. The molecule has 1 aliphatic rings. The molecular formula is C15H20F3NO5. The Labute approximate surface area is 136 Å². The summed E-state index contributed by atoms with van der Waals surface area (Å²) in [6.07, 6.45) is -8.79. The highest BCUT2D eigenvalue weighted by Gasteiger charge is 2.44. The lowest BCUT2D eigenvalue weighted by Gasteiger charge is -2.42. The van der Waals surface area contributed by atoms with E-state index in [2.05, 4.69) is 5.32 Å². The van der Waals surface area contributed by atoms with Crippen LogP contribution in [0.1, 0.15) is 11.1 Å². The maximum absolute atomic E-state index is 12.5. The van der Waals surface area contributed by atoms with Gasteiger partial charge in [0.05, 0.1) is 18.2 Å². The van der Waals surface area contributed by atoms with Gasteiger partial charge in [0.1, 0.15) is 18.3 Å². The fourth-order valence-electron chi connectivity index (χ4n) is 2.57. The van der Waals surface area contributed by atoms with Crippen molar-refractivity contribution in [2.24, 2.45) is 0 Å². The fraction of sp³-hybridized carbons (Fsp3) is 0.600. The second-order valence-electron chi connectivity index (χ2n) is 5.54. The zero-order chi connectivity index (χ0) is 17.9. The van der Waals surface area contributed by atoms with Gasteiger partial charge in [-0.1, -0.05) is 12.1 Å². The number of methoxy groups -OCH3 is 1. The third-order valence-corrected chi connectivity index (χ3v) is 3.94. The first-order valence-electron chi connectivity index (χ1n) is 7.32. The molecule has 0 aromatic heterocycles. The van der Waals surface area contributed by atoms with Gasteiger partial charge in [-0.2, -0.15) is 13.2 Å². The van der Waals surface area contributed by atoms with E-state index in [1.807, 2.05) is 0 Å². The Hall–Kier alpha value is -1.23. The first kappa shape index (κ1) is 19.1. The van der Waals surface area contributed by atoms with Crippen molar-refractivity contribution in [3.05, 3.63) is 35.4 Å². The van der Waals surface area contributed by atoms with Crippen molar-refractivity contribution in [2.45, 2.75) is 43.4 Å². The molecule has 0 bridgehead atoms. The van der Waals surface area contributed by atoms with Gasteiger partial charge >= 0.3 is 6.18 Å². The van der Waals surface area contributed by atoms with Crippen LogP contribution in [-0.4, -0.2) is 59.7 Å². The zero-order valence-corrected chi connectivity index (χ0v) is 12.9. The summed E-state index contributed by atoms with van der Waals surface area (Å²) in [7, 11) is 1.31. The standard InChI is InChI=1S/C15H20F3NO5/c1-23-14-13(22)11(12(21)10(7-20)24-14)19-6-8-2-4-9(5-3-8)15(16,17)18/h2-5,10-14,19-22H,6-7H2,1H3/t10-,11-,12-,13+,14+/m1/s1. The summed E-state index contributed by atoms with van der Waals surface area (Å²) < 4.78 is 47.8. The molecule has 6 nitrogen and oxygen atoms in total. The molecular weight excluding hydrogens is 331 g/mol. The number of rotatable bonds is 5. The quantitative estimate of drug-likeness (QED) is 0.608. The predicted octanol–water partition coefficient (Wildman–Crippen LogP) is 0.249. The van der Waals surface area contributed by atoms with Gasteiger partial charge in [-0.05, 0) is 17.7 Å². The topological polar surface area (TPSA) is 91.2 Å². The van der Waals surface area contributed by atoms with E-state index < -0.39 is 49.0 Å². The Balaban J connectivity index is 2.03. The molecule has 1 fully saturated rings. The molecule has 24 heavy (non-hydrogen) atoms. The van der Waals surface area contributed by atoms with Crippen molar-refractivity contribution < 1.29 is 38.0 Å². The lowest BCUT2D eigenvalue weighted by molar-refractivity contribution is -0.271. The van der Waals surface area contributed by atoms with Crippen LogP contribution in [0.25, 0.3) is 0 Å². The minimum absolute atomic E-state index is 0.117. The lowest BCUT2D eigenvalue weighted by Crippen LogP contribution is -2.63. The van der Waals surface area contributed by atoms with Gasteiger partial charge < -0.3 is 30.1 Å². The van der Waals surface area contributed by atoms with Crippen LogP contribution in [0.2, 0.25) is 0 Å². The number of hydrogen-bond donors (Lipinski definition) is 4. The van der Waals surface area contributed by atoms with Gasteiger partial charge in [-0.3, -0.25) is 0 Å². The highest BCUT2D eigenvalue weighted by atomic mass is 19.4. The summed E-state index contributed by atoms with van der Waals surface area (Å²) >= 11 is 0. The molecule has 4 N–H and O–H groups in total. The molecule has 136 valence electrons. The van der Waals surface area contributed by atoms with Crippen LogP contribution in [-0.2, 0) is 22.2 Å². The number of halogens is 3. The molecule has 2 rings (SSSR count). The van der Waals surface area contributed by atoms with Crippen LogP contribution in [0, 0.1) is 0 Å². The SMILES string of the molecule is CO[C@H]1O[C@H](CO)[C@@H](O)[C@@H](NCc2ccc(C(F)(F)F)cc2)[C@@H]1O. The normalized spacial score (nSPS) is 31.2. The number of benzene rings is 1. The summed E-state index contributed by atoms with van der Waals surface area (Å²) in [6.45, 7) is -0.349. The van der Waals surface area contributed by atoms with Crippen molar-refractivity contribution in [3.63, 3.8) is 0 Å². The first-order chi connectivity index (χ1) is 11.3. The van der Waals surface area contributed by atoms with Crippen LogP contribution >= 0.6 is 0 Å². The molecule has 1 saturated heterocycles. The smallest absolute Gasteiger partial charge is 0.394 e. The Morgan fingerprint density at radius 1 is 1.17 bits per heavy atom. The van der Waals surface area contributed by atoms with Crippen LogP contribution in [0.5, 0.6) is 0 Å². The maximum Gasteiger partial charge on any atom is 0.416 e. The molecule has 1 aromatic rings. The predicted molar refractivity (Wildman–Crippen MR) is 76.8 cm³/mol. The molecule has 0 spiro atoms. The number of aliphatic hydroxyl groups is 3. The fourth-order valence-corrected chi connectivity index (χ4v) is 2.57. The number of aliphatic hydroxyl groups excluding tert-OH is 3. The average Bonchev–Trinajstić information content (AvgIpc) is 2.54. The van der Waals surface area contributed by atoms with Crippen LogP contribution in [0.15, 0.2) is 24.3 Å². The van der Waals surface area contributed by atoms with Gasteiger partial charge in [0.15, 0.2) is 6.29 Å². The molecule has 5 atom stereocenters. The summed E-state index contributed by atoms with van der Waals surface area (Å²) in [5.41, 5.74) is -0.208. The van der Waals surface area contributed by atoms with E-state index in [1.165, 1.54) is 19.2 Å². The Kier molecular flexibility index (Phi) is 6.18. The highest BCUT2D eigenvalue weighted by molar-refractivity contribution is 5.24. The number of alkyl halides is 3. The Morgan fingerprint density at radius 2 is 1.79 bits per heavy atom. The van der Waals surface area contributed by atoms with E-state index >= 15 is 0 Å². The van der Waals surface area contributed by atoms with Crippen LogP contribution in [0.3, 0.4) is 0 Å². The van der Waals surface area contributed by atoms with Gasteiger partial charge in [0.2, 0.25) is 0 Å². The van der Waals surface area contributed by atoms with Gasteiger partial charge in [0, 0.05) is 13.7 Å². The minimum Gasteiger partial charge on any atom is -0.394 e. The third-order valence-electron chi connectivity index (χ3n) is 3.94. The average molecular weight is 351 g/mol. The van der Waals surface area contributed by atoms with Crippen molar-refractivity contribution >= 4 is 0 Å². The molecule has 9 heteroatoms. The summed E-state index contributed by atoms with van der Waals surface area (Å²) in [5, 5.41) is 32.4. The second-order valence-corrected chi connectivity index (χ2v) is 5.54. The van der Waals surface area contributed by atoms with E-state index in [4.69, 9.17) is 9.47 Å². The first-order valence-corrected chi connectivity index (χ1v) is 7.32. The van der Waals surface area contributed by atoms with Crippen molar-refractivity contribution in [1.29, 1.82) is 0 Å². The van der Waals surface area contributed by atoms with Crippen molar-refractivity contribution in [2.75, 3.05) is 13.7 Å². The number of ether oxygens (including phenoxy) is 2. The summed E-state index contributed by atoms with van der Waals surface area (Å²) in [4.78, 5) is 0. The van der Waals surface area contributed by atoms with Gasteiger partial charge in [0.25, 0.3) is 0 Å². The van der Waals surface area contributed by atoms with Crippen LogP contribution < -0.4 is 5.32 Å². The molecule has 0 amide bonds. The molecule has 0 saturated carbocycles. The van der Waals surface area contributed by atoms with Gasteiger partial charge in [-0.15, -0.1) is 0 Å². The largest absolute Gasteiger partial charge is 0.416 e. The van der Waals surface area contributed by atoms with Crippen LogP contribution in [0.4, 0.5) is 13.2 Å². The molecule has 0 radical (unpaired) electrons. The Morgan fingerprint density at radius 3 is 2.29 bits per heavy atom. The third kappa shape index (κ3) is 4.24. The lowest BCUT2D eigenvalue weighted by atomic mass is 9.96. The molecule has 0 unspecified atom stereocenters. The van der Waals surface area contributed by atoms with E-state index in [0.717, 1.165) is 12.1 Å².